The Hall–Kier alpha value is -1.95. The van der Waals surface area contributed by atoms with Crippen LogP contribution in [0.5, 0.6) is 5.75 Å². The molecular formula is C21H37N5O. The Labute approximate surface area is 165 Å². The lowest BCUT2D eigenvalue weighted by Crippen LogP contribution is -2.44. The van der Waals surface area contributed by atoms with Crippen molar-refractivity contribution in [3.63, 3.8) is 0 Å². The highest BCUT2D eigenvalue weighted by Gasteiger charge is 2.25. The minimum atomic E-state index is 0.399. The van der Waals surface area contributed by atoms with Gasteiger partial charge in [0.15, 0.2) is 5.96 Å². The van der Waals surface area contributed by atoms with Gasteiger partial charge in [-0.05, 0) is 51.5 Å². The molecule has 1 aliphatic heterocycles. The number of benzene rings is 1. The van der Waals surface area contributed by atoms with E-state index in [2.05, 4.69) is 53.3 Å². The van der Waals surface area contributed by atoms with Crippen LogP contribution in [-0.2, 0) is 0 Å². The molecule has 1 aromatic carbocycles. The molecule has 6 heteroatoms. The Kier molecular flexibility index (Phi) is 9.25. The number of para-hydroxylation sites is 2. The van der Waals surface area contributed by atoms with Gasteiger partial charge in [0, 0.05) is 32.2 Å². The van der Waals surface area contributed by atoms with Crippen LogP contribution in [0.25, 0.3) is 0 Å². The largest absolute Gasteiger partial charge is 0.495 e. The number of rotatable bonds is 10. The van der Waals surface area contributed by atoms with E-state index in [4.69, 9.17) is 9.73 Å². The summed E-state index contributed by atoms with van der Waals surface area (Å²) in [6.07, 6.45) is 2.19. The lowest BCUT2D eigenvalue weighted by Gasteiger charge is -2.22. The lowest BCUT2D eigenvalue weighted by molar-refractivity contribution is 0.302. The van der Waals surface area contributed by atoms with Crippen LogP contribution in [0.4, 0.5) is 5.69 Å². The van der Waals surface area contributed by atoms with Crippen LogP contribution < -0.4 is 20.3 Å². The topological polar surface area (TPSA) is 52.1 Å². The van der Waals surface area contributed by atoms with Crippen LogP contribution in [0, 0.1) is 0 Å². The van der Waals surface area contributed by atoms with Crippen LogP contribution in [0.1, 0.15) is 33.6 Å². The van der Waals surface area contributed by atoms with Crippen molar-refractivity contribution in [3.8, 4) is 5.75 Å². The number of methoxy groups -OCH3 is 1. The number of nitrogens with one attached hydrogen (secondary N) is 2. The Morgan fingerprint density at radius 3 is 2.74 bits per heavy atom. The smallest absolute Gasteiger partial charge is 0.191 e. The Morgan fingerprint density at radius 2 is 2.04 bits per heavy atom. The highest BCUT2D eigenvalue weighted by molar-refractivity contribution is 5.80. The molecule has 0 radical (unpaired) electrons. The average molecular weight is 376 g/mol. The number of hydrogen-bond acceptors (Lipinski definition) is 4. The van der Waals surface area contributed by atoms with E-state index < -0.39 is 0 Å². The molecule has 1 heterocycles. The summed E-state index contributed by atoms with van der Waals surface area (Å²) >= 11 is 0. The van der Waals surface area contributed by atoms with Gasteiger partial charge in [0.1, 0.15) is 5.75 Å². The van der Waals surface area contributed by atoms with Gasteiger partial charge in [-0.1, -0.05) is 26.0 Å². The van der Waals surface area contributed by atoms with Gasteiger partial charge in [-0.3, -0.25) is 4.99 Å². The Bertz CT molecular complexity index is 573. The molecule has 0 spiro atoms. The lowest BCUT2D eigenvalue weighted by atomic mass is 10.2. The van der Waals surface area contributed by atoms with Crippen LogP contribution in [0.3, 0.4) is 0 Å². The zero-order chi connectivity index (χ0) is 19.5. The number of aliphatic imine (C=N–C) groups is 1. The van der Waals surface area contributed by atoms with Gasteiger partial charge in [-0.2, -0.15) is 0 Å². The predicted octanol–water partition coefficient (Wildman–Crippen LogP) is 2.56. The quantitative estimate of drug-likeness (QED) is 0.374. The van der Waals surface area contributed by atoms with E-state index in [1.807, 2.05) is 12.1 Å². The maximum Gasteiger partial charge on any atom is 0.191 e. The van der Waals surface area contributed by atoms with Crippen molar-refractivity contribution in [2.24, 2.45) is 4.99 Å². The van der Waals surface area contributed by atoms with E-state index in [0.29, 0.717) is 6.04 Å². The minimum absolute atomic E-state index is 0.399. The third-order valence-corrected chi connectivity index (χ3v) is 5.10. The van der Waals surface area contributed by atoms with Crippen molar-refractivity contribution in [1.82, 2.24) is 15.5 Å². The molecule has 1 saturated heterocycles. The van der Waals surface area contributed by atoms with Crippen LogP contribution in [0.15, 0.2) is 29.3 Å². The Morgan fingerprint density at radius 1 is 1.26 bits per heavy atom. The fraction of sp³-hybridized carbons (Fsp3) is 0.667. The monoisotopic (exact) mass is 375 g/mol. The molecule has 0 amide bonds. The predicted molar refractivity (Wildman–Crippen MR) is 115 cm³/mol. The van der Waals surface area contributed by atoms with Gasteiger partial charge in [-0.25, -0.2) is 0 Å². The second-order valence-electron chi connectivity index (χ2n) is 6.89. The number of hydrogen-bond donors (Lipinski definition) is 2. The molecule has 1 fully saturated rings. The molecule has 0 aromatic heterocycles. The van der Waals surface area contributed by atoms with Gasteiger partial charge in [0.25, 0.3) is 0 Å². The first-order valence-corrected chi connectivity index (χ1v) is 10.4. The fourth-order valence-electron chi connectivity index (χ4n) is 3.53. The Balaban J connectivity index is 1.86. The SMILES string of the molecule is CCNC(=NCCCN(CC)CC)NC1CCN(c2ccccc2OC)C1. The minimum Gasteiger partial charge on any atom is -0.495 e. The van der Waals surface area contributed by atoms with E-state index in [9.17, 15) is 0 Å². The van der Waals surface area contributed by atoms with E-state index in [0.717, 1.165) is 70.4 Å². The van der Waals surface area contributed by atoms with E-state index in [-0.39, 0.29) is 0 Å². The summed E-state index contributed by atoms with van der Waals surface area (Å²) in [5, 5.41) is 7.00. The normalized spacial score (nSPS) is 17.4. The molecule has 1 unspecified atom stereocenters. The molecule has 0 aliphatic carbocycles. The van der Waals surface area contributed by atoms with E-state index >= 15 is 0 Å². The first-order valence-electron chi connectivity index (χ1n) is 10.4. The summed E-state index contributed by atoms with van der Waals surface area (Å²) in [4.78, 5) is 9.61. The number of guanidine groups is 1. The molecule has 6 nitrogen and oxygen atoms in total. The third kappa shape index (κ3) is 6.61. The third-order valence-electron chi connectivity index (χ3n) is 5.10. The molecule has 1 aromatic rings. The fourth-order valence-corrected chi connectivity index (χ4v) is 3.53. The van der Waals surface area contributed by atoms with Crippen molar-refractivity contribution in [2.75, 3.05) is 57.8 Å². The van der Waals surface area contributed by atoms with Gasteiger partial charge < -0.3 is 25.2 Å². The van der Waals surface area contributed by atoms with Crippen molar-refractivity contribution in [2.45, 2.75) is 39.7 Å². The van der Waals surface area contributed by atoms with Gasteiger partial charge >= 0.3 is 0 Å². The summed E-state index contributed by atoms with van der Waals surface area (Å²) in [6.45, 7) is 13.6. The van der Waals surface area contributed by atoms with Gasteiger partial charge in [0.2, 0.25) is 0 Å². The second kappa shape index (κ2) is 11.7. The molecule has 152 valence electrons. The standard InChI is InChI=1S/C21H37N5O/c1-5-22-21(23-14-10-15-25(6-2)7-3)24-18-13-16-26(17-18)19-11-8-9-12-20(19)27-4/h8-9,11-12,18H,5-7,10,13-17H2,1-4H3,(H2,22,23,24). The highest BCUT2D eigenvalue weighted by Crippen LogP contribution is 2.30. The summed E-state index contributed by atoms with van der Waals surface area (Å²) in [7, 11) is 1.73. The van der Waals surface area contributed by atoms with Crippen molar-refractivity contribution < 1.29 is 4.74 Å². The molecule has 2 rings (SSSR count). The molecule has 1 atom stereocenters. The van der Waals surface area contributed by atoms with E-state index in [1.54, 1.807) is 7.11 Å². The van der Waals surface area contributed by atoms with Crippen LogP contribution >= 0.6 is 0 Å². The zero-order valence-corrected chi connectivity index (χ0v) is 17.5. The summed E-state index contributed by atoms with van der Waals surface area (Å²) in [6, 6.07) is 8.64. The van der Waals surface area contributed by atoms with Crippen molar-refractivity contribution in [3.05, 3.63) is 24.3 Å². The first kappa shape index (κ1) is 21.4. The van der Waals surface area contributed by atoms with E-state index in [1.165, 1.54) is 5.69 Å². The van der Waals surface area contributed by atoms with Crippen LogP contribution in [0.2, 0.25) is 0 Å². The average Bonchev–Trinajstić information content (AvgIpc) is 3.16. The summed E-state index contributed by atoms with van der Waals surface area (Å²) < 4.78 is 5.51. The summed E-state index contributed by atoms with van der Waals surface area (Å²) in [5.41, 5.74) is 1.17. The molecule has 1 aliphatic rings. The van der Waals surface area contributed by atoms with Gasteiger partial charge in [0.05, 0.1) is 12.8 Å². The molecule has 27 heavy (non-hydrogen) atoms. The number of nitrogens with zero attached hydrogens (tertiary/aromatic N) is 3. The number of ether oxygens (including phenoxy) is 1. The van der Waals surface area contributed by atoms with Crippen LogP contribution in [-0.4, -0.2) is 69.8 Å². The number of anilines is 1. The highest BCUT2D eigenvalue weighted by atomic mass is 16.5. The molecule has 0 saturated carbocycles. The zero-order valence-electron chi connectivity index (χ0n) is 17.5. The maximum atomic E-state index is 5.51. The van der Waals surface area contributed by atoms with Gasteiger partial charge in [-0.15, -0.1) is 0 Å². The molecular weight excluding hydrogens is 338 g/mol. The maximum absolute atomic E-state index is 5.51. The molecule has 2 N–H and O–H groups in total. The van der Waals surface area contributed by atoms with Crippen molar-refractivity contribution >= 4 is 11.6 Å². The molecule has 0 bridgehead atoms. The first-order chi connectivity index (χ1) is 13.2. The van der Waals surface area contributed by atoms with Crippen molar-refractivity contribution in [1.29, 1.82) is 0 Å². The second-order valence-corrected chi connectivity index (χ2v) is 6.89. The summed E-state index contributed by atoms with van der Waals surface area (Å²) in [5.74, 6) is 1.87.